The Morgan fingerprint density at radius 3 is 2.84 bits per heavy atom. The van der Waals surface area contributed by atoms with E-state index in [9.17, 15) is 13.5 Å². The summed E-state index contributed by atoms with van der Waals surface area (Å²) >= 11 is 0. The van der Waals surface area contributed by atoms with Crippen LogP contribution in [0.3, 0.4) is 0 Å². The molecule has 1 heterocycles. The van der Waals surface area contributed by atoms with Crippen molar-refractivity contribution in [3.05, 3.63) is 18.2 Å². The summed E-state index contributed by atoms with van der Waals surface area (Å²) in [6, 6.07) is 4.13. The third-order valence-electron chi connectivity index (χ3n) is 3.34. The minimum Gasteiger partial charge on any atom is -0.497 e. The molecule has 0 bridgehead atoms. The largest absolute Gasteiger partial charge is 0.497 e. The van der Waals surface area contributed by atoms with Gasteiger partial charge in [-0.05, 0) is 25.0 Å². The molecule has 0 amide bonds. The number of nitrogens with two attached hydrogens (primary N) is 1. The van der Waals surface area contributed by atoms with Crippen LogP contribution in [0.2, 0.25) is 0 Å². The zero-order valence-corrected chi connectivity index (χ0v) is 11.6. The second kappa shape index (κ2) is 5.36. The molecule has 19 heavy (non-hydrogen) atoms. The maximum atomic E-state index is 12.5. The van der Waals surface area contributed by atoms with Gasteiger partial charge in [0.2, 0.25) is 10.0 Å². The van der Waals surface area contributed by atoms with Gasteiger partial charge in [-0.2, -0.15) is 4.31 Å². The van der Waals surface area contributed by atoms with Crippen LogP contribution in [0, 0.1) is 0 Å². The van der Waals surface area contributed by atoms with Crippen molar-refractivity contribution in [2.75, 3.05) is 26.0 Å². The fourth-order valence-corrected chi connectivity index (χ4v) is 4.11. The van der Waals surface area contributed by atoms with Crippen LogP contribution in [0.4, 0.5) is 5.69 Å². The average Bonchev–Trinajstić information content (AvgIpc) is 2.87. The number of benzene rings is 1. The summed E-state index contributed by atoms with van der Waals surface area (Å²) < 4.78 is 31.4. The van der Waals surface area contributed by atoms with Crippen LogP contribution in [0.25, 0.3) is 0 Å². The summed E-state index contributed by atoms with van der Waals surface area (Å²) in [7, 11) is -2.17. The molecular formula is C12H18N2O4S. The van der Waals surface area contributed by atoms with Crippen LogP contribution in [0.5, 0.6) is 5.75 Å². The van der Waals surface area contributed by atoms with Crippen LogP contribution >= 0.6 is 0 Å². The molecule has 1 saturated heterocycles. The molecule has 1 aromatic rings. The first kappa shape index (κ1) is 14.1. The number of ether oxygens (including phenoxy) is 1. The van der Waals surface area contributed by atoms with Gasteiger partial charge in [-0.15, -0.1) is 0 Å². The first-order valence-corrected chi connectivity index (χ1v) is 7.51. The van der Waals surface area contributed by atoms with Gasteiger partial charge in [-0.25, -0.2) is 8.42 Å². The molecule has 106 valence electrons. The summed E-state index contributed by atoms with van der Waals surface area (Å²) in [6.07, 6.45) is 1.42. The Kier molecular flexibility index (Phi) is 3.98. The van der Waals surface area contributed by atoms with Gasteiger partial charge in [0.15, 0.2) is 0 Å². The molecule has 2 rings (SSSR count). The molecule has 0 saturated carbocycles. The number of hydrogen-bond donors (Lipinski definition) is 2. The van der Waals surface area contributed by atoms with Crippen molar-refractivity contribution < 1.29 is 18.3 Å². The summed E-state index contributed by atoms with van der Waals surface area (Å²) in [6.45, 7) is 0.244. The topological polar surface area (TPSA) is 92.9 Å². The summed E-state index contributed by atoms with van der Waals surface area (Å²) in [5, 5.41) is 9.24. The molecule has 0 radical (unpaired) electrons. The van der Waals surface area contributed by atoms with Gasteiger partial charge in [0.25, 0.3) is 0 Å². The van der Waals surface area contributed by atoms with Crippen LogP contribution in [-0.2, 0) is 10.0 Å². The molecule has 7 heteroatoms. The lowest BCUT2D eigenvalue weighted by Crippen LogP contribution is -2.37. The van der Waals surface area contributed by atoms with E-state index in [2.05, 4.69) is 0 Å². The maximum Gasteiger partial charge on any atom is 0.245 e. The van der Waals surface area contributed by atoms with E-state index >= 15 is 0 Å². The van der Waals surface area contributed by atoms with Crippen LogP contribution in [0.1, 0.15) is 12.8 Å². The van der Waals surface area contributed by atoms with E-state index in [-0.39, 0.29) is 23.2 Å². The number of methoxy groups -OCH3 is 1. The SMILES string of the molecule is COc1ccc(S(=O)(=O)N2CCC[C@H]2CO)c(N)c1. The lowest BCUT2D eigenvalue weighted by atomic mass is 10.2. The highest BCUT2D eigenvalue weighted by Gasteiger charge is 2.35. The first-order valence-electron chi connectivity index (χ1n) is 6.07. The van der Waals surface area contributed by atoms with Crippen LogP contribution in [0.15, 0.2) is 23.1 Å². The highest BCUT2D eigenvalue weighted by atomic mass is 32.2. The second-order valence-corrected chi connectivity index (χ2v) is 6.36. The molecule has 1 aliphatic rings. The maximum absolute atomic E-state index is 12.5. The van der Waals surface area contributed by atoms with Crippen molar-refractivity contribution in [2.24, 2.45) is 0 Å². The molecule has 0 aliphatic carbocycles. The molecule has 6 nitrogen and oxygen atoms in total. The number of anilines is 1. The Morgan fingerprint density at radius 1 is 1.53 bits per heavy atom. The number of sulfonamides is 1. The summed E-state index contributed by atoms with van der Waals surface area (Å²) in [4.78, 5) is 0.0636. The van der Waals surface area contributed by atoms with Gasteiger partial charge in [-0.1, -0.05) is 0 Å². The fourth-order valence-electron chi connectivity index (χ4n) is 2.32. The monoisotopic (exact) mass is 286 g/mol. The molecule has 0 aromatic heterocycles. The molecule has 1 fully saturated rings. The predicted molar refractivity (Wildman–Crippen MR) is 71.4 cm³/mol. The molecule has 1 aromatic carbocycles. The van der Waals surface area contributed by atoms with E-state index in [0.717, 1.165) is 6.42 Å². The lowest BCUT2D eigenvalue weighted by molar-refractivity contribution is 0.213. The van der Waals surface area contributed by atoms with E-state index in [1.165, 1.54) is 23.5 Å². The van der Waals surface area contributed by atoms with E-state index < -0.39 is 10.0 Å². The van der Waals surface area contributed by atoms with Crippen molar-refractivity contribution >= 4 is 15.7 Å². The van der Waals surface area contributed by atoms with E-state index in [1.807, 2.05) is 0 Å². The average molecular weight is 286 g/mol. The number of aliphatic hydroxyl groups excluding tert-OH is 1. The van der Waals surface area contributed by atoms with Gasteiger partial charge in [0, 0.05) is 18.7 Å². The van der Waals surface area contributed by atoms with Gasteiger partial charge in [0.1, 0.15) is 10.6 Å². The first-order chi connectivity index (χ1) is 9.00. The standard InChI is InChI=1S/C12H18N2O4S/c1-18-10-4-5-12(11(13)7-10)19(16,17)14-6-2-3-9(14)8-15/h4-5,7,9,15H,2-3,6,8,13H2,1H3/t9-/m0/s1. The Morgan fingerprint density at radius 2 is 2.26 bits per heavy atom. The van der Waals surface area contributed by atoms with Gasteiger partial charge in [0.05, 0.1) is 19.4 Å². The Bertz CT molecular complexity index is 559. The third kappa shape index (κ3) is 2.54. The second-order valence-electron chi connectivity index (χ2n) is 4.50. The van der Waals surface area contributed by atoms with Crippen molar-refractivity contribution in [3.63, 3.8) is 0 Å². The molecule has 3 N–H and O–H groups in total. The van der Waals surface area contributed by atoms with Gasteiger partial charge < -0.3 is 15.6 Å². The quantitative estimate of drug-likeness (QED) is 0.783. The fraction of sp³-hybridized carbons (Fsp3) is 0.500. The van der Waals surface area contributed by atoms with Crippen LogP contribution in [-0.4, -0.2) is 44.1 Å². The minimum absolute atomic E-state index is 0.0636. The smallest absolute Gasteiger partial charge is 0.245 e. The highest BCUT2D eigenvalue weighted by Crippen LogP contribution is 2.30. The van der Waals surface area contributed by atoms with E-state index in [4.69, 9.17) is 10.5 Å². The number of rotatable bonds is 4. The van der Waals surface area contributed by atoms with Crippen molar-refractivity contribution in [3.8, 4) is 5.75 Å². The van der Waals surface area contributed by atoms with Crippen LogP contribution < -0.4 is 10.5 Å². The predicted octanol–water partition coefficient (Wildman–Crippen LogP) is 0.423. The minimum atomic E-state index is -3.66. The lowest BCUT2D eigenvalue weighted by Gasteiger charge is -2.23. The zero-order chi connectivity index (χ0) is 14.0. The van der Waals surface area contributed by atoms with Crippen molar-refractivity contribution in [2.45, 2.75) is 23.8 Å². The molecular weight excluding hydrogens is 268 g/mol. The summed E-state index contributed by atoms with van der Waals surface area (Å²) in [5.74, 6) is 0.511. The molecule has 1 aliphatic heterocycles. The molecule has 1 atom stereocenters. The Balaban J connectivity index is 2.39. The number of hydrogen-bond acceptors (Lipinski definition) is 5. The molecule has 0 unspecified atom stereocenters. The molecule has 0 spiro atoms. The Labute approximate surface area is 112 Å². The van der Waals surface area contributed by atoms with E-state index in [0.29, 0.717) is 18.7 Å². The summed E-state index contributed by atoms with van der Waals surface area (Å²) in [5.41, 5.74) is 5.94. The third-order valence-corrected chi connectivity index (χ3v) is 5.36. The van der Waals surface area contributed by atoms with Gasteiger partial charge in [-0.3, -0.25) is 0 Å². The normalized spacial score (nSPS) is 20.6. The highest BCUT2D eigenvalue weighted by molar-refractivity contribution is 7.89. The zero-order valence-electron chi connectivity index (χ0n) is 10.7. The number of nitrogens with zero attached hydrogens (tertiary/aromatic N) is 1. The number of aliphatic hydroxyl groups is 1. The Hall–Kier alpha value is -1.31. The number of nitrogen functional groups attached to an aromatic ring is 1. The van der Waals surface area contributed by atoms with Gasteiger partial charge >= 0.3 is 0 Å². The van der Waals surface area contributed by atoms with Crippen molar-refractivity contribution in [1.29, 1.82) is 0 Å². The van der Waals surface area contributed by atoms with Crippen molar-refractivity contribution in [1.82, 2.24) is 4.31 Å². The van der Waals surface area contributed by atoms with E-state index in [1.54, 1.807) is 6.07 Å².